The Morgan fingerprint density at radius 3 is 2.45 bits per heavy atom. The maximum Gasteiger partial charge on any atom is 0.144 e. The molecule has 0 radical (unpaired) electrons. The summed E-state index contributed by atoms with van der Waals surface area (Å²) in [7, 11) is 3.33. The zero-order valence-electron chi connectivity index (χ0n) is 18.7. The first-order chi connectivity index (χ1) is 15.0. The van der Waals surface area contributed by atoms with E-state index in [0.29, 0.717) is 12.5 Å². The lowest BCUT2D eigenvalue weighted by Gasteiger charge is -2.16. The number of imidazole rings is 1. The molecule has 0 atom stereocenters. The van der Waals surface area contributed by atoms with E-state index in [2.05, 4.69) is 42.1 Å². The standard InChI is InChI=1S/C26H30N2O3/c1-6-15-31-22-11-8-20(9-12-22)7-10-21-16-23(29-4)17-24(30-5)25(21)26-27-13-14-28(26)18-19(2)3/h6-14,16-17,19H,1,15,18H2,2-5H3. The molecule has 0 saturated carbocycles. The highest BCUT2D eigenvalue weighted by Crippen LogP contribution is 2.37. The molecular weight excluding hydrogens is 388 g/mol. The zero-order chi connectivity index (χ0) is 22.2. The smallest absolute Gasteiger partial charge is 0.144 e. The van der Waals surface area contributed by atoms with Gasteiger partial charge in [0, 0.05) is 25.0 Å². The maximum absolute atomic E-state index is 5.73. The molecule has 1 aromatic heterocycles. The van der Waals surface area contributed by atoms with Crippen LogP contribution in [0.4, 0.5) is 0 Å². The van der Waals surface area contributed by atoms with E-state index in [1.165, 1.54) is 0 Å². The number of aromatic nitrogens is 2. The van der Waals surface area contributed by atoms with E-state index in [1.54, 1.807) is 20.3 Å². The summed E-state index contributed by atoms with van der Waals surface area (Å²) in [6.07, 6.45) is 9.69. The van der Waals surface area contributed by atoms with Crippen molar-refractivity contribution in [3.8, 4) is 28.6 Å². The molecule has 31 heavy (non-hydrogen) atoms. The molecule has 5 nitrogen and oxygen atoms in total. The Bertz CT molecular complexity index is 1030. The monoisotopic (exact) mass is 418 g/mol. The third-order valence-corrected chi connectivity index (χ3v) is 4.77. The van der Waals surface area contributed by atoms with E-state index in [1.807, 2.05) is 48.8 Å². The Hall–Kier alpha value is -3.47. The summed E-state index contributed by atoms with van der Waals surface area (Å²) in [6, 6.07) is 11.8. The first-order valence-electron chi connectivity index (χ1n) is 10.3. The highest BCUT2D eigenvalue weighted by atomic mass is 16.5. The molecule has 3 aromatic rings. The summed E-state index contributed by atoms with van der Waals surface area (Å²) in [5, 5.41) is 0. The number of nitrogens with zero attached hydrogens (tertiary/aromatic N) is 2. The minimum absolute atomic E-state index is 0.491. The molecular formula is C26H30N2O3. The first-order valence-corrected chi connectivity index (χ1v) is 10.3. The topological polar surface area (TPSA) is 45.5 Å². The average molecular weight is 419 g/mol. The summed E-state index contributed by atoms with van der Waals surface area (Å²) in [6.45, 7) is 9.42. The fraction of sp³-hybridized carbons (Fsp3) is 0.269. The Balaban J connectivity index is 2.02. The second-order valence-electron chi connectivity index (χ2n) is 7.59. The lowest BCUT2D eigenvalue weighted by atomic mass is 10.0. The van der Waals surface area contributed by atoms with Gasteiger partial charge in [0.05, 0.1) is 19.8 Å². The highest BCUT2D eigenvalue weighted by molar-refractivity contribution is 5.83. The fourth-order valence-corrected chi connectivity index (χ4v) is 3.35. The summed E-state index contributed by atoms with van der Waals surface area (Å²) in [5.41, 5.74) is 2.97. The molecule has 0 amide bonds. The molecule has 0 spiro atoms. The molecule has 0 aliphatic rings. The number of rotatable bonds is 10. The van der Waals surface area contributed by atoms with Crippen LogP contribution >= 0.6 is 0 Å². The van der Waals surface area contributed by atoms with Crippen LogP contribution < -0.4 is 14.2 Å². The van der Waals surface area contributed by atoms with Gasteiger partial charge in [-0.2, -0.15) is 0 Å². The van der Waals surface area contributed by atoms with Crippen LogP contribution in [0.3, 0.4) is 0 Å². The van der Waals surface area contributed by atoms with E-state index in [-0.39, 0.29) is 0 Å². The van der Waals surface area contributed by atoms with Gasteiger partial charge in [0.25, 0.3) is 0 Å². The van der Waals surface area contributed by atoms with Crippen molar-refractivity contribution in [1.29, 1.82) is 0 Å². The minimum Gasteiger partial charge on any atom is -0.497 e. The number of methoxy groups -OCH3 is 2. The van der Waals surface area contributed by atoms with Crippen LogP contribution in [0.1, 0.15) is 25.0 Å². The molecule has 0 unspecified atom stereocenters. The van der Waals surface area contributed by atoms with Gasteiger partial charge in [-0.15, -0.1) is 0 Å². The predicted molar refractivity (Wildman–Crippen MR) is 127 cm³/mol. The highest BCUT2D eigenvalue weighted by Gasteiger charge is 2.18. The molecule has 0 aliphatic heterocycles. The molecule has 162 valence electrons. The Labute approximate surface area is 184 Å². The van der Waals surface area contributed by atoms with Gasteiger partial charge in [0.2, 0.25) is 0 Å². The van der Waals surface area contributed by atoms with Gasteiger partial charge in [-0.1, -0.05) is 50.8 Å². The van der Waals surface area contributed by atoms with Crippen LogP contribution in [0, 0.1) is 5.92 Å². The fourth-order valence-electron chi connectivity index (χ4n) is 3.35. The molecule has 0 fully saturated rings. The number of ether oxygens (including phenoxy) is 3. The minimum atomic E-state index is 0.491. The normalized spacial score (nSPS) is 11.1. The van der Waals surface area contributed by atoms with E-state index >= 15 is 0 Å². The van der Waals surface area contributed by atoms with Gasteiger partial charge < -0.3 is 18.8 Å². The van der Waals surface area contributed by atoms with Gasteiger partial charge in [0.1, 0.15) is 29.7 Å². The van der Waals surface area contributed by atoms with Crippen LogP contribution in [-0.4, -0.2) is 30.4 Å². The molecule has 2 aromatic carbocycles. The first kappa shape index (κ1) is 22.2. The van der Waals surface area contributed by atoms with Crippen molar-refractivity contribution in [2.75, 3.05) is 20.8 Å². The van der Waals surface area contributed by atoms with E-state index in [9.17, 15) is 0 Å². The molecule has 0 aliphatic carbocycles. The van der Waals surface area contributed by atoms with Crippen molar-refractivity contribution in [1.82, 2.24) is 9.55 Å². The maximum atomic E-state index is 5.73. The van der Waals surface area contributed by atoms with Crippen LogP contribution in [0.2, 0.25) is 0 Å². The second kappa shape index (κ2) is 10.5. The van der Waals surface area contributed by atoms with E-state index in [4.69, 9.17) is 14.2 Å². The van der Waals surface area contributed by atoms with Crippen LogP contribution in [0.5, 0.6) is 17.2 Å². The largest absolute Gasteiger partial charge is 0.497 e. The quantitative estimate of drug-likeness (QED) is 0.301. The third kappa shape index (κ3) is 5.57. The van der Waals surface area contributed by atoms with E-state index < -0.39 is 0 Å². The Morgan fingerprint density at radius 2 is 1.81 bits per heavy atom. The van der Waals surface area contributed by atoms with Crippen molar-refractivity contribution in [2.45, 2.75) is 20.4 Å². The second-order valence-corrected chi connectivity index (χ2v) is 7.59. The van der Waals surface area contributed by atoms with Crippen molar-refractivity contribution < 1.29 is 14.2 Å². The van der Waals surface area contributed by atoms with Gasteiger partial charge in [-0.25, -0.2) is 4.98 Å². The van der Waals surface area contributed by atoms with E-state index in [0.717, 1.165) is 46.3 Å². The SMILES string of the molecule is C=CCOc1ccc(C=Cc2cc(OC)cc(OC)c2-c2nccn2CC(C)C)cc1. The predicted octanol–water partition coefficient (Wildman–Crippen LogP) is 5.96. The number of hydrogen-bond donors (Lipinski definition) is 0. The Kier molecular flexibility index (Phi) is 7.55. The van der Waals surface area contributed by atoms with Crippen molar-refractivity contribution in [3.63, 3.8) is 0 Å². The van der Waals surface area contributed by atoms with Gasteiger partial charge in [0.15, 0.2) is 0 Å². The van der Waals surface area contributed by atoms with Crippen LogP contribution in [0.15, 0.2) is 61.4 Å². The summed E-state index contributed by atoms with van der Waals surface area (Å²) in [4.78, 5) is 4.64. The third-order valence-electron chi connectivity index (χ3n) is 4.77. The Morgan fingerprint density at radius 1 is 1.03 bits per heavy atom. The number of hydrogen-bond acceptors (Lipinski definition) is 4. The van der Waals surface area contributed by atoms with Crippen molar-refractivity contribution in [3.05, 3.63) is 72.6 Å². The number of benzene rings is 2. The van der Waals surface area contributed by atoms with Gasteiger partial charge >= 0.3 is 0 Å². The lowest BCUT2D eigenvalue weighted by molar-refractivity contribution is 0.363. The summed E-state index contributed by atoms with van der Waals surface area (Å²) >= 11 is 0. The molecule has 0 saturated heterocycles. The zero-order valence-corrected chi connectivity index (χ0v) is 18.7. The van der Waals surface area contributed by atoms with Crippen LogP contribution in [0.25, 0.3) is 23.5 Å². The molecule has 0 bridgehead atoms. The molecule has 3 rings (SSSR count). The van der Waals surface area contributed by atoms with Gasteiger partial charge in [-0.3, -0.25) is 0 Å². The average Bonchev–Trinajstić information content (AvgIpc) is 3.22. The van der Waals surface area contributed by atoms with Crippen molar-refractivity contribution >= 4 is 12.2 Å². The summed E-state index contributed by atoms with van der Waals surface area (Å²) in [5.74, 6) is 3.65. The van der Waals surface area contributed by atoms with Crippen LogP contribution in [-0.2, 0) is 6.54 Å². The lowest BCUT2D eigenvalue weighted by Crippen LogP contribution is -2.06. The van der Waals surface area contributed by atoms with Crippen molar-refractivity contribution in [2.24, 2.45) is 5.92 Å². The molecule has 0 N–H and O–H groups in total. The summed E-state index contributed by atoms with van der Waals surface area (Å²) < 4.78 is 19.0. The van der Waals surface area contributed by atoms with Gasteiger partial charge in [-0.05, 0) is 35.2 Å². The molecule has 5 heteroatoms. The molecule has 1 heterocycles.